The van der Waals surface area contributed by atoms with E-state index in [0.717, 1.165) is 17.0 Å². The Balaban J connectivity index is 2.59. The molecule has 90 valence electrons. The number of carbonyl (C=O) groups excluding carboxylic acids is 2. The SMILES string of the molecule is CC(C)CN1C(=O)C(=O)c2c(F)ccc(F)c21. The number of hydrogen-bond donors (Lipinski definition) is 0. The average Bonchev–Trinajstić information content (AvgIpc) is 2.49. The van der Waals surface area contributed by atoms with Crippen LogP contribution >= 0.6 is 0 Å². The highest BCUT2D eigenvalue weighted by Crippen LogP contribution is 2.33. The van der Waals surface area contributed by atoms with Crippen molar-refractivity contribution in [3.63, 3.8) is 0 Å². The molecule has 1 heterocycles. The molecule has 1 aliphatic rings. The first-order chi connectivity index (χ1) is 7.93. The van der Waals surface area contributed by atoms with Crippen molar-refractivity contribution in [2.45, 2.75) is 13.8 Å². The number of nitrogens with zero attached hydrogens (tertiary/aromatic N) is 1. The van der Waals surface area contributed by atoms with E-state index < -0.39 is 28.9 Å². The van der Waals surface area contributed by atoms with Crippen molar-refractivity contribution < 1.29 is 18.4 Å². The van der Waals surface area contributed by atoms with Crippen LogP contribution in [0.4, 0.5) is 14.5 Å². The highest BCUT2D eigenvalue weighted by atomic mass is 19.1. The van der Waals surface area contributed by atoms with Crippen molar-refractivity contribution in [2.24, 2.45) is 5.92 Å². The van der Waals surface area contributed by atoms with Gasteiger partial charge in [0.15, 0.2) is 0 Å². The fraction of sp³-hybridized carbons (Fsp3) is 0.333. The number of fused-ring (bicyclic) bond motifs is 1. The summed E-state index contributed by atoms with van der Waals surface area (Å²) in [6, 6.07) is 1.78. The lowest BCUT2D eigenvalue weighted by atomic mass is 10.1. The number of rotatable bonds is 2. The molecule has 0 saturated heterocycles. The number of halogens is 2. The Labute approximate surface area is 97.0 Å². The van der Waals surface area contributed by atoms with E-state index in [2.05, 4.69) is 0 Å². The van der Waals surface area contributed by atoms with Crippen LogP contribution < -0.4 is 4.90 Å². The molecule has 0 spiro atoms. The van der Waals surface area contributed by atoms with Crippen molar-refractivity contribution >= 4 is 17.4 Å². The molecule has 1 aliphatic heterocycles. The highest BCUT2D eigenvalue weighted by Gasteiger charge is 2.40. The fourth-order valence-electron chi connectivity index (χ4n) is 1.89. The molecule has 1 aromatic carbocycles. The minimum absolute atomic E-state index is 0.0559. The number of benzene rings is 1. The molecule has 17 heavy (non-hydrogen) atoms. The summed E-state index contributed by atoms with van der Waals surface area (Å²) in [4.78, 5) is 24.2. The van der Waals surface area contributed by atoms with Gasteiger partial charge in [0.25, 0.3) is 11.7 Å². The number of anilines is 1. The van der Waals surface area contributed by atoms with Gasteiger partial charge in [-0.1, -0.05) is 13.8 Å². The summed E-state index contributed by atoms with van der Waals surface area (Å²) >= 11 is 0. The van der Waals surface area contributed by atoms with Crippen molar-refractivity contribution in [1.29, 1.82) is 0 Å². The second-order valence-electron chi connectivity index (χ2n) is 4.39. The number of ketones is 1. The molecule has 0 radical (unpaired) electrons. The molecule has 5 heteroatoms. The van der Waals surface area contributed by atoms with Crippen LogP contribution in [0.5, 0.6) is 0 Å². The molecular formula is C12H11F2NO2. The van der Waals surface area contributed by atoms with Gasteiger partial charge in [-0.2, -0.15) is 0 Å². The Hall–Kier alpha value is -1.78. The van der Waals surface area contributed by atoms with Gasteiger partial charge in [-0.3, -0.25) is 9.59 Å². The largest absolute Gasteiger partial charge is 0.302 e. The van der Waals surface area contributed by atoms with Crippen molar-refractivity contribution in [2.75, 3.05) is 11.4 Å². The smallest absolute Gasteiger partial charge is 0.299 e. The predicted octanol–water partition coefficient (Wildman–Crippen LogP) is 2.15. The normalized spacial score (nSPS) is 14.8. The van der Waals surface area contributed by atoms with Gasteiger partial charge in [-0.15, -0.1) is 0 Å². The van der Waals surface area contributed by atoms with Gasteiger partial charge in [0, 0.05) is 6.54 Å². The van der Waals surface area contributed by atoms with Crippen LogP contribution in [-0.2, 0) is 4.79 Å². The summed E-state index contributed by atoms with van der Waals surface area (Å²) in [5.74, 6) is -3.39. The lowest BCUT2D eigenvalue weighted by Gasteiger charge is -2.19. The zero-order valence-corrected chi connectivity index (χ0v) is 9.46. The molecule has 0 bridgehead atoms. The van der Waals surface area contributed by atoms with Crippen molar-refractivity contribution in [3.05, 3.63) is 29.3 Å². The number of amides is 1. The topological polar surface area (TPSA) is 37.4 Å². The van der Waals surface area contributed by atoms with Crippen LogP contribution in [0.3, 0.4) is 0 Å². The molecule has 0 fully saturated rings. The first-order valence-corrected chi connectivity index (χ1v) is 5.27. The molecule has 3 nitrogen and oxygen atoms in total. The van der Waals surface area contributed by atoms with E-state index in [0.29, 0.717) is 0 Å². The number of carbonyl (C=O) groups is 2. The van der Waals surface area contributed by atoms with Crippen LogP contribution in [0.25, 0.3) is 0 Å². The van der Waals surface area contributed by atoms with Gasteiger partial charge in [-0.05, 0) is 18.1 Å². The first-order valence-electron chi connectivity index (χ1n) is 5.27. The van der Waals surface area contributed by atoms with E-state index in [1.165, 1.54) is 0 Å². The Kier molecular flexibility index (Phi) is 2.69. The van der Waals surface area contributed by atoms with Crippen LogP contribution in [0, 0.1) is 17.6 Å². The van der Waals surface area contributed by atoms with Crippen molar-refractivity contribution in [1.82, 2.24) is 0 Å². The first kappa shape index (κ1) is 11.7. The summed E-state index contributed by atoms with van der Waals surface area (Å²) in [7, 11) is 0. The molecular weight excluding hydrogens is 228 g/mol. The maximum absolute atomic E-state index is 13.6. The standard InChI is InChI=1S/C12H11F2NO2/c1-6(2)5-15-10-8(14)4-3-7(13)9(10)11(16)12(15)17/h3-4,6H,5H2,1-2H3. The van der Waals surface area contributed by atoms with Crippen LogP contribution in [-0.4, -0.2) is 18.2 Å². The maximum atomic E-state index is 13.6. The number of Topliss-reactive ketones (excluding diaryl/α,β-unsaturated/α-hetero) is 1. The Morgan fingerprint density at radius 1 is 1.18 bits per heavy atom. The lowest BCUT2D eigenvalue weighted by Crippen LogP contribution is -2.33. The third-order valence-corrected chi connectivity index (χ3v) is 2.56. The molecule has 1 amide bonds. The summed E-state index contributed by atoms with van der Waals surface area (Å²) in [6.07, 6.45) is 0. The summed E-state index contributed by atoms with van der Waals surface area (Å²) in [5.41, 5.74) is -0.677. The van der Waals surface area contributed by atoms with E-state index in [4.69, 9.17) is 0 Å². The zero-order chi connectivity index (χ0) is 12.7. The predicted molar refractivity (Wildman–Crippen MR) is 57.9 cm³/mol. The molecule has 2 rings (SSSR count). The van der Waals surface area contributed by atoms with Crippen LogP contribution in [0.2, 0.25) is 0 Å². The Morgan fingerprint density at radius 3 is 2.35 bits per heavy atom. The van der Waals surface area contributed by atoms with Crippen LogP contribution in [0.15, 0.2) is 12.1 Å². The summed E-state index contributed by atoms with van der Waals surface area (Å²) in [5, 5.41) is 0. The van der Waals surface area contributed by atoms with Gasteiger partial charge < -0.3 is 4.90 Å². The fourth-order valence-corrected chi connectivity index (χ4v) is 1.89. The van der Waals surface area contributed by atoms with Gasteiger partial charge in [-0.25, -0.2) is 8.78 Å². The second kappa shape index (κ2) is 3.91. The number of hydrogen-bond acceptors (Lipinski definition) is 2. The molecule has 1 aromatic rings. The third kappa shape index (κ3) is 1.71. The summed E-state index contributed by atoms with van der Waals surface area (Å²) in [6.45, 7) is 3.85. The van der Waals surface area contributed by atoms with E-state index in [1.807, 2.05) is 13.8 Å². The Bertz CT molecular complexity index is 511. The summed E-state index contributed by atoms with van der Waals surface area (Å²) < 4.78 is 27.0. The third-order valence-electron chi connectivity index (χ3n) is 2.56. The van der Waals surface area contributed by atoms with Crippen molar-refractivity contribution in [3.8, 4) is 0 Å². The molecule has 0 aliphatic carbocycles. The minimum atomic E-state index is -0.974. The van der Waals surface area contributed by atoms with E-state index in [1.54, 1.807) is 0 Å². The van der Waals surface area contributed by atoms with E-state index >= 15 is 0 Å². The quantitative estimate of drug-likeness (QED) is 0.741. The molecule has 0 aromatic heterocycles. The maximum Gasteiger partial charge on any atom is 0.299 e. The molecule has 0 unspecified atom stereocenters. The van der Waals surface area contributed by atoms with E-state index in [9.17, 15) is 18.4 Å². The van der Waals surface area contributed by atoms with Gasteiger partial charge in [0.05, 0.1) is 11.3 Å². The monoisotopic (exact) mass is 239 g/mol. The van der Waals surface area contributed by atoms with E-state index in [-0.39, 0.29) is 18.2 Å². The zero-order valence-electron chi connectivity index (χ0n) is 9.46. The van der Waals surface area contributed by atoms with Gasteiger partial charge >= 0.3 is 0 Å². The van der Waals surface area contributed by atoms with Gasteiger partial charge in [0.1, 0.15) is 11.6 Å². The molecule has 0 saturated carbocycles. The Morgan fingerprint density at radius 2 is 1.76 bits per heavy atom. The second-order valence-corrected chi connectivity index (χ2v) is 4.39. The highest BCUT2D eigenvalue weighted by molar-refractivity contribution is 6.52. The van der Waals surface area contributed by atoms with Gasteiger partial charge in [0.2, 0.25) is 0 Å². The average molecular weight is 239 g/mol. The molecule has 0 atom stereocenters. The lowest BCUT2D eigenvalue weighted by molar-refractivity contribution is -0.114. The van der Waals surface area contributed by atoms with Crippen LogP contribution in [0.1, 0.15) is 24.2 Å². The molecule has 0 N–H and O–H groups in total. The minimum Gasteiger partial charge on any atom is -0.302 e.